The van der Waals surface area contributed by atoms with Gasteiger partial charge in [-0.3, -0.25) is 14.5 Å². The SMILES string of the molecule is CCC1CCC(=O)CC(=O)C2=Cc3cc(OC)c(O)cc3C(CC2)c2cnc(N)c(c2)C(C23CC4(CCCC4)CC2C=CC2=CNC[NH+]23)SSC1. The first-order chi connectivity index (χ1) is 24.7. The molecule has 1 aromatic carbocycles. The third-order valence-electron chi connectivity index (χ3n) is 13.1. The molecule has 4 bridgehead atoms. The number of nitrogens with two attached hydrogens (primary N) is 1. The van der Waals surface area contributed by atoms with Crippen molar-refractivity contribution < 1.29 is 24.3 Å². The number of carbonyl (C=O) groups excluding carboxylic acids is 2. The van der Waals surface area contributed by atoms with Gasteiger partial charge in [0.1, 0.15) is 22.8 Å². The van der Waals surface area contributed by atoms with Crippen LogP contribution >= 0.6 is 21.6 Å². The summed E-state index contributed by atoms with van der Waals surface area (Å²) in [5, 5.41) is 14.7. The van der Waals surface area contributed by atoms with Gasteiger partial charge in [0.25, 0.3) is 0 Å². The molecule has 51 heavy (non-hydrogen) atoms. The van der Waals surface area contributed by atoms with Gasteiger partial charge in [0, 0.05) is 42.2 Å². The molecule has 0 amide bonds. The maximum Gasteiger partial charge on any atom is 0.166 e. The number of allylic oxidation sites excluding steroid dienone is 2. The Morgan fingerprint density at radius 1 is 1.14 bits per heavy atom. The van der Waals surface area contributed by atoms with Gasteiger partial charge in [-0.05, 0) is 102 Å². The maximum absolute atomic E-state index is 13.7. The molecule has 8 rings (SSSR count). The van der Waals surface area contributed by atoms with Crippen LogP contribution in [-0.4, -0.2) is 46.7 Å². The highest BCUT2D eigenvalue weighted by atomic mass is 33.1. The number of fused-ring (bicyclic) bond motifs is 11. The van der Waals surface area contributed by atoms with Crippen LogP contribution in [0.1, 0.15) is 117 Å². The van der Waals surface area contributed by atoms with Crippen molar-refractivity contribution in [2.24, 2.45) is 17.3 Å². The second-order valence-corrected chi connectivity index (χ2v) is 18.4. The summed E-state index contributed by atoms with van der Waals surface area (Å²) in [7, 11) is 5.45. The van der Waals surface area contributed by atoms with Gasteiger partial charge in [-0.15, -0.1) is 0 Å². The van der Waals surface area contributed by atoms with Gasteiger partial charge >= 0.3 is 0 Å². The lowest BCUT2D eigenvalue weighted by Gasteiger charge is -2.47. The average Bonchev–Trinajstić information content (AvgIpc) is 3.84. The summed E-state index contributed by atoms with van der Waals surface area (Å²) < 4.78 is 5.52. The van der Waals surface area contributed by atoms with E-state index in [4.69, 9.17) is 15.5 Å². The molecule has 2 saturated carbocycles. The molecular weight excluding hydrogens is 677 g/mol. The molecule has 6 unspecified atom stereocenters. The van der Waals surface area contributed by atoms with E-state index in [1.54, 1.807) is 6.07 Å². The van der Waals surface area contributed by atoms with Crippen LogP contribution in [0.5, 0.6) is 11.5 Å². The van der Waals surface area contributed by atoms with Crippen molar-refractivity contribution in [1.29, 1.82) is 0 Å². The second kappa shape index (κ2) is 14.0. The molecule has 8 nitrogen and oxygen atoms in total. The van der Waals surface area contributed by atoms with E-state index in [-0.39, 0.29) is 40.4 Å². The molecule has 4 heterocycles. The molecule has 0 radical (unpaired) electrons. The van der Waals surface area contributed by atoms with Crippen molar-refractivity contribution in [3.05, 3.63) is 76.3 Å². The van der Waals surface area contributed by atoms with E-state index in [0.29, 0.717) is 53.7 Å². The van der Waals surface area contributed by atoms with Gasteiger partial charge in [0.05, 0.1) is 25.0 Å². The lowest BCUT2D eigenvalue weighted by Crippen LogP contribution is -3.20. The second-order valence-electron chi connectivity index (χ2n) is 15.9. The predicted octanol–water partition coefficient (Wildman–Crippen LogP) is 7.02. The third kappa shape index (κ3) is 6.23. The summed E-state index contributed by atoms with van der Waals surface area (Å²) >= 11 is 0. The van der Waals surface area contributed by atoms with Crippen LogP contribution in [0.4, 0.5) is 5.82 Å². The fourth-order valence-electron chi connectivity index (χ4n) is 10.4. The Bertz CT molecular complexity index is 1820. The number of hydrogen-bond acceptors (Lipinski definition) is 9. The number of phenols is 1. The Balaban J connectivity index is 1.29. The number of phenolic OH excluding ortho intramolecular Hbond substituents is 1. The number of anilines is 1. The van der Waals surface area contributed by atoms with Crippen molar-refractivity contribution in [3.63, 3.8) is 0 Å². The van der Waals surface area contributed by atoms with Crippen LogP contribution < -0.4 is 20.7 Å². The molecule has 270 valence electrons. The van der Waals surface area contributed by atoms with E-state index in [0.717, 1.165) is 53.9 Å². The highest BCUT2D eigenvalue weighted by molar-refractivity contribution is 8.76. The molecule has 0 saturated heterocycles. The topological polar surface area (TPSA) is 119 Å². The van der Waals surface area contributed by atoms with Crippen LogP contribution in [-0.2, 0) is 9.59 Å². The summed E-state index contributed by atoms with van der Waals surface area (Å²) in [4.78, 5) is 33.4. The molecule has 3 aliphatic carbocycles. The number of nitrogen functional groups attached to an aromatic ring is 1. The molecule has 2 fully saturated rings. The summed E-state index contributed by atoms with van der Waals surface area (Å²) in [5.74, 6) is 2.50. The Morgan fingerprint density at radius 2 is 1.98 bits per heavy atom. The number of nitrogens with zero attached hydrogens (tertiary/aromatic N) is 1. The largest absolute Gasteiger partial charge is 0.504 e. The molecule has 6 aliphatic rings. The Hall–Kier alpha value is -3.21. The van der Waals surface area contributed by atoms with E-state index in [1.165, 1.54) is 49.8 Å². The molecule has 6 atom stereocenters. The highest BCUT2D eigenvalue weighted by Crippen LogP contribution is 2.64. The average molecular weight is 728 g/mol. The van der Waals surface area contributed by atoms with E-state index in [9.17, 15) is 14.7 Å². The number of quaternary nitrogens is 1. The number of ether oxygens (including phenoxy) is 1. The van der Waals surface area contributed by atoms with Crippen molar-refractivity contribution in [1.82, 2.24) is 10.3 Å². The first-order valence-electron chi connectivity index (χ1n) is 18.9. The Labute approximate surface area is 309 Å². The van der Waals surface area contributed by atoms with E-state index in [1.807, 2.05) is 39.9 Å². The fourth-order valence-corrected chi connectivity index (χ4v) is 14.1. The summed E-state index contributed by atoms with van der Waals surface area (Å²) in [6.45, 7) is 3.08. The van der Waals surface area contributed by atoms with Gasteiger partial charge in [0.15, 0.2) is 24.0 Å². The van der Waals surface area contributed by atoms with E-state index < -0.39 is 0 Å². The first kappa shape index (κ1) is 34.9. The standard InChI is InChI=1S/C41H50N4O4S2/c1-3-25-6-10-31(46)17-35(47)26-7-11-32(33-18-36(48)37(49-2)16-27(33)14-26)28-15-34(39(42)44-20-28)38(51-50-22-25)41-23-40(12-4-5-13-40)19-29(41)8-9-30-21-43-24-45(30)41/h8-9,14-16,18,20-21,25,29,32,38,43,48H,3-7,10-13,17,19,22-24H2,1-2H3,(H2,42,44)/p+1. The van der Waals surface area contributed by atoms with E-state index >= 15 is 0 Å². The number of hydrogen-bond donors (Lipinski definition) is 4. The van der Waals surface area contributed by atoms with E-state index in [2.05, 4.69) is 36.7 Å². The molecular formula is C41H51N4O4S2+. The minimum absolute atomic E-state index is 0.0140. The number of benzene rings is 1. The highest BCUT2D eigenvalue weighted by Gasteiger charge is 2.66. The molecule has 1 spiro atoms. The van der Waals surface area contributed by atoms with Crippen LogP contribution in [0.3, 0.4) is 0 Å². The van der Waals surface area contributed by atoms with Gasteiger partial charge in [0.2, 0.25) is 0 Å². The van der Waals surface area contributed by atoms with Crippen molar-refractivity contribution in [2.75, 3.05) is 25.3 Å². The molecule has 5 N–H and O–H groups in total. The van der Waals surface area contributed by atoms with Gasteiger partial charge in [-0.25, -0.2) is 4.98 Å². The maximum atomic E-state index is 13.7. The van der Waals surface area contributed by atoms with Crippen molar-refractivity contribution >= 4 is 45.0 Å². The summed E-state index contributed by atoms with van der Waals surface area (Å²) in [6.07, 6.45) is 21.8. The minimum atomic E-state index is -0.139. The lowest BCUT2D eigenvalue weighted by atomic mass is 9.75. The van der Waals surface area contributed by atoms with Crippen LogP contribution in [0.25, 0.3) is 6.08 Å². The normalized spacial score (nSPS) is 31.6. The fraction of sp³-hybridized carbons (Fsp3) is 0.537. The monoisotopic (exact) mass is 727 g/mol. The van der Waals surface area contributed by atoms with Crippen LogP contribution in [0.2, 0.25) is 0 Å². The van der Waals surface area contributed by atoms with Crippen LogP contribution in [0, 0.1) is 17.3 Å². The zero-order chi connectivity index (χ0) is 35.3. The smallest absolute Gasteiger partial charge is 0.166 e. The molecule has 1 aromatic heterocycles. The Morgan fingerprint density at radius 3 is 2.78 bits per heavy atom. The number of pyridine rings is 1. The number of nitrogens with one attached hydrogen (secondary N) is 2. The molecule has 3 aliphatic heterocycles. The number of Topliss-reactive ketones (excluding diaryl/α,β-unsaturated/α-hetero) is 2. The summed E-state index contributed by atoms with van der Waals surface area (Å²) in [5.41, 5.74) is 13.1. The third-order valence-corrected chi connectivity index (χ3v) is 16.1. The van der Waals surface area contributed by atoms with Crippen LogP contribution in [0.15, 0.2) is 54.0 Å². The number of rotatable bonds is 3. The first-order valence-corrected chi connectivity index (χ1v) is 21.3. The van der Waals surface area contributed by atoms with Gasteiger partial charge in [-0.1, -0.05) is 53.9 Å². The zero-order valence-corrected chi connectivity index (χ0v) is 31.5. The number of carbonyl (C=O) groups is 2. The predicted molar refractivity (Wildman–Crippen MR) is 205 cm³/mol. The molecule has 10 heteroatoms. The number of methoxy groups -OCH3 is 1. The molecule has 2 aromatic rings. The number of aromatic nitrogens is 1. The Kier molecular flexibility index (Phi) is 9.55. The van der Waals surface area contributed by atoms with Crippen molar-refractivity contribution in [3.8, 4) is 11.5 Å². The quantitative estimate of drug-likeness (QED) is 0.195. The van der Waals surface area contributed by atoms with Gasteiger partial charge < -0.3 is 20.9 Å². The summed E-state index contributed by atoms with van der Waals surface area (Å²) in [6, 6.07) is 5.92. The number of ketones is 2. The van der Waals surface area contributed by atoms with Gasteiger partial charge in [-0.2, -0.15) is 0 Å². The number of aromatic hydroxyl groups is 1. The minimum Gasteiger partial charge on any atom is -0.504 e. The van der Waals surface area contributed by atoms with Crippen molar-refractivity contribution in [2.45, 2.75) is 101 Å². The zero-order valence-electron chi connectivity index (χ0n) is 29.8. The lowest BCUT2D eigenvalue weighted by molar-refractivity contribution is -0.915.